The fraction of sp³-hybridized carbons (Fsp3) is 0.290. The summed E-state index contributed by atoms with van der Waals surface area (Å²) in [6.07, 6.45) is 7.58. The number of nitriles is 1. The van der Waals surface area contributed by atoms with Gasteiger partial charge in [0, 0.05) is 62.0 Å². The van der Waals surface area contributed by atoms with E-state index >= 15 is 0 Å². The van der Waals surface area contributed by atoms with Crippen molar-refractivity contribution in [3.63, 3.8) is 0 Å². The molecule has 0 spiro atoms. The minimum atomic E-state index is -0.157. The first-order chi connectivity index (χ1) is 19.3. The number of aliphatic imine (C=N–C) groups is 1. The Labute approximate surface area is 240 Å². The fourth-order valence-corrected chi connectivity index (χ4v) is 5.12. The van der Waals surface area contributed by atoms with Crippen molar-refractivity contribution in [2.75, 3.05) is 31.5 Å². The number of imidazole rings is 1. The van der Waals surface area contributed by atoms with Crippen LogP contribution in [0.25, 0.3) is 5.57 Å². The molecule has 2 amide bonds. The summed E-state index contributed by atoms with van der Waals surface area (Å²) in [5.74, 6) is 0.918. The third kappa shape index (κ3) is 6.68. The van der Waals surface area contributed by atoms with Crippen molar-refractivity contribution >= 4 is 35.1 Å². The number of halogens is 1. The van der Waals surface area contributed by atoms with E-state index in [4.69, 9.17) is 21.9 Å². The Morgan fingerprint density at radius 1 is 1.20 bits per heavy atom. The molecule has 9 heteroatoms. The zero-order valence-corrected chi connectivity index (χ0v) is 23.9. The summed E-state index contributed by atoms with van der Waals surface area (Å²) in [6.45, 7) is 13.3. The molecule has 1 atom stereocenters. The predicted octanol–water partition coefficient (Wildman–Crippen LogP) is 6.32. The molecule has 0 bridgehead atoms. The number of urea groups is 1. The van der Waals surface area contributed by atoms with Gasteiger partial charge in [0.25, 0.3) is 0 Å². The third-order valence-corrected chi connectivity index (χ3v) is 7.30. The van der Waals surface area contributed by atoms with E-state index in [1.165, 1.54) is 0 Å². The number of aromatic nitrogens is 2. The lowest BCUT2D eigenvalue weighted by Gasteiger charge is -2.40. The molecule has 1 aromatic heterocycles. The number of carbonyl (C=O) groups excluding carboxylic acids is 1. The van der Waals surface area contributed by atoms with Crippen molar-refractivity contribution in [2.24, 2.45) is 4.99 Å². The summed E-state index contributed by atoms with van der Waals surface area (Å²) < 4.78 is 2.06. The summed E-state index contributed by atoms with van der Waals surface area (Å²) >= 11 is 6.49. The fourth-order valence-electron chi connectivity index (χ4n) is 4.94. The van der Waals surface area contributed by atoms with Crippen LogP contribution in [0.3, 0.4) is 0 Å². The highest BCUT2D eigenvalue weighted by molar-refractivity contribution is 6.30. The molecule has 206 valence electrons. The number of allylic oxidation sites excluding steroid dienone is 2. The molecule has 1 unspecified atom stereocenters. The van der Waals surface area contributed by atoms with Crippen LogP contribution in [-0.4, -0.2) is 57.8 Å². The van der Waals surface area contributed by atoms with Crippen molar-refractivity contribution in [3.05, 3.63) is 101 Å². The lowest BCUT2D eigenvalue weighted by atomic mass is 9.92. The Bertz CT molecular complexity index is 1460. The molecule has 2 heterocycles. The van der Waals surface area contributed by atoms with Crippen LogP contribution in [0.5, 0.6) is 0 Å². The van der Waals surface area contributed by atoms with Gasteiger partial charge in [-0.1, -0.05) is 30.3 Å². The summed E-state index contributed by atoms with van der Waals surface area (Å²) in [6, 6.07) is 14.6. The van der Waals surface area contributed by atoms with Gasteiger partial charge in [0.2, 0.25) is 0 Å². The van der Waals surface area contributed by atoms with Gasteiger partial charge in [-0.2, -0.15) is 5.26 Å². The number of carbonyl (C=O) groups is 1. The molecule has 40 heavy (non-hydrogen) atoms. The number of aryl methyl sites for hydroxylation is 1. The Hall–Kier alpha value is -4.19. The number of piperazine rings is 1. The molecule has 1 aliphatic heterocycles. The van der Waals surface area contributed by atoms with Crippen LogP contribution < -0.4 is 5.32 Å². The lowest BCUT2D eigenvalue weighted by molar-refractivity contribution is 0.124. The van der Waals surface area contributed by atoms with Gasteiger partial charge in [-0.05, 0) is 73.9 Å². The predicted molar refractivity (Wildman–Crippen MR) is 161 cm³/mol. The monoisotopic (exact) mass is 555 g/mol. The van der Waals surface area contributed by atoms with Crippen LogP contribution in [0.15, 0.2) is 78.2 Å². The van der Waals surface area contributed by atoms with Crippen LogP contribution in [0, 0.1) is 18.3 Å². The summed E-state index contributed by atoms with van der Waals surface area (Å²) in [5, 5.41) is 12.6. The highest BCUT2D eigenvalue weighted by atomic mass is 35.5. The summed E-state index contributed by atoms with van der Waals surface area (Å²) in [4.78, 5) is 26.2. The molecule has 8 nitrogen and oxygen atoms in total. The van der Waals surface area contributed by atoms with Gasteiger partial charge in [0.05, 0.1) is 23.4 Å². The SMILES string of the molecule is C=C(Cn1ccnc1C)c1cc(Cl)ccc1C(/C(=C/C)N=CC)N1CCN(C(=O)Nc2ccc(C#N)cc2)CC1. The van der Waals surface area contributed by atoms with Crippen LogP contribution >= 0.6 is 11.6 Å². The van der Waals surface area contributed by atoms with E-state index in [2.05, 4.69) is 38.5 Å². The van der Waals surface area contributed by atoms with E-state index in [1.54, 1.807) is 30.5 Å². The maximum absolute atomic E-state index is 13.0. The zero-order valence-electron chi connectivity index (χ0n) is 23.1. The van der Waals surface area contributed by atoms with E-state index in [9.17, 15) is 4.79 Å². The van der Waals surface area contributed by atoms with E-state index in [0.29, 0.717) is 49.0 Å². The first-order valence-corrected chi connectivity index (χ1v) is 13.6. The largest absolute Gasteiger partial charge is 0.331 e. The van der Waals surface area contributed by atoms with Crippen LogP contribution in [0.4, 0.5) is 10.5 Å². The van der Waals surface area contributed by atoms with Gasteiger partial charge >= 0.3 is 6.03 Å². The zero-order chi connectivity index (χ0) is 28.6. The Morgan fingerprint density at radius 2 is 1.93 bits per heavy atom. The van der Waals surface area contributed by atoms with E-state index in [-0.39, 0.29) is 12.1 Å². The molecule has 1 saturated heterocycles. The third-order valence-electron chi connectivity index (χ3n) is 7.06. The minimum Gasteiger partial charge on any atom is -0.331 e. The molecular formula is C31H34ClN7O. The molecule has 0 radical (unpaired) electrons. The smallest absolute Gasteiger partial charge is 0.321 e. The van der Waals surface area contributed by atoms with E-state index in [1.807, 2.05) is 56.3 Å². The molecule has 1 fully saturated rings. The number of hydrogen-bond acceptors (Lipinski definition) is 5. The highest BCUT2D eigenvalue weighted by Crippen LogP contribution is 2.36. The number of nitrogens with one attached hydrogen (secondary N) is 1. The van der Waals surface area contributed by atoms with Crippen molar-refractivity contribution in [1.82, 2.24) is 19.4 Å². The van der Waals surface area contributed by atoms with Gasteiger partial charge in [-0.15, -0.1) is 0 Å². The molecular weight excluding hydrogens is 522 g/mol. The summed E-state index contributed by atoms with van der Waals surface area (Å²) in [5.41, 5.74) is 5.12. The van der Waals surface area contributed by atoms with Crippen LogP contribution in [-0.2, 0) is 6.54 Å². The van der Waals surface area contributed by atoms with E-state index in [0.717, 1.165) is 28.2 Å². The molecule has 0 aliphatic carbocycles. The van der Waals surface area contributed by atoms with E-state index < -0.39 is 0 Å². The Kier molecular flexibility index (Phi) is 9.54. The minimum absolute atomic E-state index is 0.141. The quantitative estimate of drug-likeness (QED) is 0.330. The van der Waals surface area contributed by atoms with Gasteiger partial charge in [0.15, 0.2) is 0 Å². The Morgan fingerprint density at radius 3 is 2.52 bits per heavy atom. The number of nitrogens with zero attached hydrogens (tertiary/aromatic N) is 6. The van der Waals surface area contributed by atoms with Crippen molar-refractivity contribution in [1.29, 1.82) is 5.26 Å². The average molecular weight is 556 g/mol. The standard InChI is InChI=1S/C31H34ClN7O/c1-5-29(34-6-2)30(27-12-9-25(32)19-28(27)22(3)21-39-14-13-35-23(39)4)37-15-17-38(18-16-37)31(40)36-26-10-7-24(20-33)8-11-26/h5-14,19,30H,3,15-18,21H2,1-2,4H3,(H,36,40)/b29-5-,34-6?. The number of hydrogen-bond donors (Lipinski definition) is 1. The lowest BCUT2D eigenvalue weighted by Crippen LogP contribution is -2.51. The molecule has 3 aromatic rings. The second-order valence-electron chi connectivity index (χ2n) is 9.58. The molecule has 2 aromatic carbocycles. The second kappa shape index (κ2) is 13.2. The molecule has 0 saturated carbocycles. The van der Waals surface area contributed by atoms with Gasteiger partial charge in [-0.3, -0.25) is 9.89 Å². The number of benzene rings is 2. The average Bonchev–Trinajstić information content (AvgIpc) is 3.37. The van der Waals surface area contributed by atoms with Gasteiger partial charge < -0.3 is 14.8 Å². The highest BCUT2D eigenvalue weighted by Gasteiger charge is 2.31. The molecule has 1 aliphatic rings. The summed E-state index contributed by atoms with van der Waals surface area (Å²) in [7, 11) is 0. The second-order valence-corrected chi connectivity index (χ2v) is 10.0. The first kappa shape index (κ1) is 28.8. The maximum Gasteiger partial charge on any atom is 0.321 e. The van der Waals surface area contributed by atoms with Gasteiger partial charge in [0.1, 0.15) is 5.82 Å². The van der Waals surface area contributed by atoms with Crippen molar-refractivity contribution < 1.29 is 4.79 Å². The van der Waals surface area contributed by atoms with Crippen LogP contribution in [0.1, 0.15) is 42.4 Å². The molecule has 1 N–H and O–H groups in total. The van der Waals surface area contributed by atoms with Crippen LogP contribution in [0.2, 0.25) is 5.02 Å². The first-order valence-electron chi connectivity index (χ1n) is 13.2. The molecule has 4 rings (SSSR count). The number of rotatable bonds is 8. The maximum atomic E-state index is 13.0. The van der Waals surface area contributed by atoms with Crippen molar-refractivity contribution in [2.45, 2.75) is 33.4 Å². The number of amides is 2. The van der Waals surface area contributed by atoms with Crippen molar-refractivity contribution in [3.8, 4) is 6.07 Å². The normalized spacial score (nSPS) is 15.2. The number of anilines is 1. The Balaban J connectivity index is 1.57. The topological polar surface area (TPSA) is 89.6 Å². The van der Waals surface area contributed by atoms with Gasteiger partial charge in [-0.25, -0.2) is 9.78 Å².